The van der Waals surface area contributed by atoms with Gasteiger partial charge in [0.2, 0.25) is 0 Å². The van der Waals surface area contributed by atoms with Gasteiger partial charge in [0.25, 0.3) is 0 Å². The number of nitrogens with two attached hydrogens (primary N) is 1. The van der Waals surface area contributed by atoms with Crippen molar-refractivity contribution in [3.63, 3.8) is 0 Å². The molecule has 2 heteroatoms. The van der Waals surface area contributed by atoms with Gasteiger partial charge in [0.15, 0.2) is 0 Å². The van der Waals surface area contributed by atoms with Gasteiger partial charge in [-0.1, -0.05) is 18.2 Å². The monoisotopic (exact) mass is 218 g/mol. The van der Waals surface area contributed by atoms with Gasteiger partial charge in [-0.15, -0.1) is 0 Å². The van der Waals surface area contributed by atoms with Gasteiger partial charge in [0.1, 0.15) is 0 Å². The third-order valence-corrected chi connectivity index (χ3v) is 3.73. The summed E-state index contributed by atoms with van der Waals surface area (Å²) in [5, 5.41) is 0. The Hall–Kier alpha value is -1.02. The molecule has 2 atom stereocenters. The fourth-order valence-electron chi connectivity index (χ4n) is 2.71. The molecular weight excluding hydrogens is 196 g/mol. The molecular formula is C14H22N2. The van der Waals surface area contributed by atoms with Gasteiger partial charge in [0.05, 0.1) is 0 Å². The molecule has 0 bridgehead atoms. The molecule has 2 unspecified atom stereocenters. The van der Waals surface area contributed by atoms with E-state index in [0.29, 0.717) is 12.1 Å². The van der Waals surface area contributed by atoms with Crippen molar-refractivity contribution in [1.29, 1.82) is 0 Å². The Bertz CT molecular complexity index is 348. The topological polar surface area (TPSA) is 29.3 Å². The van der Waals surface area contributed by atoms with Crippen molar-refractivity contribution >= 4 is 5.69 Å². The van der Waals surface area contributed by atoms with Crippen molar-refractivity contribution in [3.05, 3.63) is 29.8 Å². The van der Waals surface area contributed by atoms with Crippen LogP contribution in [0.1, 0.15) is 31.2 Å². The molecule has 1 aliphatic carbocycles. The number of hydrogen-bond acceptors (Lipinski definition) is 2. The minimum Gasteiger partial charge on any atom is -0.371 e. The number of aryl methyl sites for hydroxylation is 1. The molecule has 0 saturated heterocycles. The van der Waals surface area contributed by atoms with Gasteiger partial charge >= 0.3 is 0 Å². The average Bonchev–Trinajstić information content (AvgIpc) is 2.29. The normalized spacial score (nSPS) is 25.4. The predicted molar refractivity (Wildman–Crippen MR) is 69.8 cm³/mol. The molecule has 2 nitrogen and oxygen atoms in total. The molecule has 0 aromatic heterocycles. The van der Waals surface area contributed by atoms with Crippen molar-refractivity contribution in [2.75, 3.05) is 11.9 Å². The van der Waals surface area contributed by atoms with E-state index in [2.05, 4.69) is 43.1 Å². The second-order valence-electron chi connectivity index (χ2n) is 4.98. The molecule has 1 aromatic carbocycles. The maximum Gasteiger partial charge on any atom is 0.0395 e. The van der Waals surface area contributed by atoms with Crippen LogP contribution in [0.2, 0.25) is 0 Å². The van der Waals surface area contributed by atoms with Gasteiger partial charge < -0.3 is 10.6 Å². The van der Waals surface area contributed by atoms with Crippen LogP contribution in [0.4, 0.5) is 5.69 Å². The van der Waals surface area contributed by atoms with Gasteiger partial charge in [-0.2, -0.15) is 0 Å². The van der Waals surface area contributed by atoms with Crippen molar-refractivity contribution < 1.29 is 0 Å². The Morgan fingerprint density at radius 2 is 2.00 bits per heavy atom. The Balaban J connectivity index is 2.12. The van der Waals surface area contributed by atoms with Crippen LogP contribution in [-0.2, 0) is 0 Å². The van der Waals surface area contributed by atoms with Crippen molar-refractivity contribution in [2.45, 2.75) is 44.7 Å². The zero-order chi connectivity index (χ0) is 11.5. The number of rotatable bonds is 2. The molecule has 88 valence electrons. The summed E-state index contributed by atoms with van der Waals surface area (Å²) in [4.78, 5) is 2.41. The van der Waals surface area contributed by atoms with Crippen molar-refractivity contribution in [1.82, 2.24) is 0 Å². The summed E-state index contributed by atoms with van der Waals surface area (Å²) in [6, 6.07) is 9.60. The summed E-state index contributed by atoms with van der Waals surface area (Å²) in [6.07, 6.45) is 4.86. The standard InChI is InChI=1S/C14H22N2/c1-11-6-3-4-9-14(11)16(2)13-8-5-7-12(15)10-13/h3-4,6,9,12-13H,5,7-8,10,15H2,1-2H3. The Morgan fingerprint density at radius 3 is 2.69 bits per heavy atom. The molecule has 0 heterocycles. The largest absolute Gasteiger partial charge is 0.371 e. The number of para-hydroxylation sites is 1. The highest BCUT2D eigenvalue weighted by atomic mass is 15.1. The highest BCUT2D eigenvalue weighted by Gasteiger charge is 2.23. The van der Waals surface area contributed by atoms with Crippen LogP contribution in [0.15, 0.2) is 24.3 Å². The van der Waals surface area contributed by atoms with Crippen LogP contribution in [0.25, 0.3) is 0 Å². The van der Waals surface area contributed by atoms with Crippen LogP contribution >= 0.6 is 0 Å². The lowest BCUT2D eigenvalue weighted by Gasteiger charge is -2.36. The van der Waals surface area contributed by atoms with Crippen molar-refractivity contribution in [2.24, 2.45) is 5.73 Å². The zero-order valence-corrected chi connectivity index (χ0v) is 10.3. The fraction of sp³-hybridized carbons (Fsp3) is 0.571. The molecule has 1 aliphatic rings. The zero-order valence-electron chi connectivity index (χ0n) is 10.3. The average molecular weight is 218 g/mol. The maximum absolute atomic E-state index is 6.05. The number of benzene rings is 1. The van der Waals surface area contributed by atoms with Crippen LogP contribution in [0.5, 0.6) is 0 Å². The number of anilines is 1. The maximum atomic E-state index is 6.05. The van der Waals surface area contributed by atoms with E-state index in [9.17, 15) is 0 Å². The van der Waals surface area contributed by atoms with E-state index >= 15 is 0 Å². The smallest absolute Gasteiger partial charge is 0.0395 e. The number of nitrogens with zero attached hydrogens (tertiary/aromatic N) is 1. The van der Waals surface area contributed by atoms with Crippen LogP contribution in [0, 0.1) is 6.92 Å². The molecule has 0 aliphatic heterocycles. The first kappa shape index (κ1) is 11.5. The summed E-state index contributed by atoms with van der Waals surface area (Å²) in [5.74, 6) is 0. The summed E-state index contributed by atoms with van der Waals surface area (Å²) in [6.45, 7) is 2.18. The predicted octanol–water partition coefficient (Wildman–Crippen LogP) is 2.70. The highest BCUT2D eigenvalue weighted by molar-refractivity contribution is 5.53. The molecule has 1 saturated carbocycles. The molecule has 0 amide bonds. The third kappa shape index (κ3) is 2.38. The third-order valence-electron chi connectivity index (χ3n) is 3.73. The Morgan fingerprint density at radius 1 is 1.25 bits per heavy atom. The highest BCUT2D eigenvalue weighted by Crippen LogP contribution is 2.27. The van der Waals surface area contributed by atoms with E-state index in [0.717, 1.165) is 6.42 Å². The minimum absolute atomic E-state index is 0.394. The quantitative estimate of drug-likeness (QED) is 0.827. The lowest BCUT2D eigenvalue weighted by atomic mass is 9.90. The second-order valence-corrected chi connectivity index (χ2v) is 4.98. The first-order valence-corrected chi connectivity index (χ1v) is 6.22. The fourth-order valence-corrected chi connectivity index (χ4v) is 2.71. The van der Waals surface area contributed by atoms with Gasteiger partial charge in [-0.05, 0) is 44.2 Å². The molecule has 16 heavy (non-hydrogen) atoms. The van der Waals surface area contributed by atoms with Gasteiger partial charge in [-0.25, -0.2) is 0 Å². The minimum atomic E-state index is 0.394. The molecule has 0 radical (unpaired) electrons. The first-order chi connectivity index (χ1) is 7.68. The van der Waals surface area contributed by atoms with Crippen LogP contribution < -0.4 is 10.6 Å². The summed E-state index contributed by atoms with van der Waals surface area (Å²) < 4.78 is 0. The van der Waals surface area contributed by atoms with Crippen LogP contribution in [0.3, 0.4) is 0 Å². The molecule has 1 fully saturated rings. The van der Waals surface area contributed by atoms with E-state index < -0.39 is 0 Å². The Labute approximate surface area is 98.4 Å². The summed E-state index contributed by atoms with van der Waals surface area (Å²) in [7, 11) is 2.20. The van der Waals surface area contributed by atoms with Gasteiger partial charge in [0, 0.05) is 24.8 Å². The van der Waals surface area contributed by atoms with Crippen LogP contribution in [-0.4, -0.2) is 19.1 Å². The molecule has 0 spiro atoms. The number of hydrogen-bond donors (Lipinski definition) is 1. The lowest BCUT2D eigenvalue weighted by Crippen LogP contribution is -2.40. The molecule has 1 aromatic rings. The van der Waals surface area contributed by atoms with E-state index in [4.69, 9.17) is 5.73 Å². The first-order valence-electron chi connectivity index (χ1n) is 6.22. The second kappa shape index (κ2) is 4.88. The summed E-state index contributed by atoms with van der Waals surface area (Å²) >= 11 is 0. The molecule has 2 N–H and O–H groups in total. The molecule has 2 rings (SSSR count). The van der Waals surface area contributed by atoms with E-state index in [-0.39, 0.29) is 0 Å². The SMILES string of the molecule is Cc1ccccc1N(C)C1CCCC(N)C1. The van der Waals surface area contributed by atoms with E-state index in [1.54, 1.807) is 0 Å². The van der Waals surface area contributed by atoms with Gasteiger partial charge in [-0.3, -0.25) is 0 Å². The summed E-state index contributed by atoms with van der Waals surface area (Å²) in [5.41, 5.74) is 8.75. The lowest BCUT2D eigenvalue weighted by molar-refractivity contribution is 0.382. The van der Waals surface area contributed by atoms with Crippen molar-refractivity contribution in [3.8, 4) is 0 Å². The van der Waals surface area contributed by atoms with E-state index in [1.807, 2.05) is 0 Å². The Kier molecular flexibility index (Phi) is 3.49. The van der Waals surface area contributed by atoms with E-state index in [1.165, 1.54) is 30.5 Å².